The van der Waals surface area contributed by atoms with E-state index in [-0.39, 0.29) is 18.1 Å². The lowest BCUT2D eigenvalue weighted by Gasteiger charge is -2.17. The van der Waals surface area contributed by atoms with Gasteiger partial charge in [-0.1, -0.05) is 13.3 Å². The van der Waals surface area contributed by atoms with Crippen molar-refractivity contribution in [1.29, 1.82) is 0 Å². The average molecular weight is 267 g/mol. The van der Waals surface area contributed by atoms with E-state index in [2.05, 4.69) is 17.2 Å². The van der Waals surface area contributed by atoms with Crippen molar-refractivity contribution in [2.24, 2.45) is 0 Å². The molecule has 0 spiro atoms. The highest BCUT2D eigenvalue weighted by Gasteiger charge is 2.14. The normalized spacial score (nSPS) is 14.1. The van der Waals surface area contributed by atoms with Crippen molar-refractivity contribution in [3.63, 3.8) is 0 Å². The number of nitrogens with one attached hydrogen (secondary N) is 1. The highest BCUT2D eigenvalue weighted by Crippen LogP contribution is 2.17. The lowest BCUT2D eigenvalue weighted by atomic mass is 10.1. The molecule has 0 aliphatic rings. The van der Waals surface area contributed by atoms with Crippen molar-refractivity contribution < 1.29 is 9.90 Å². The Hall–Kier alpha value is -1.36. The Morgan fingerprint density at radius 3 is 2.84 bits per heavy atom. The van der Waals surface area contributed by atoms with Crippen LogP contribution >= 0.6 is 0 Å². The summed E-state index contributed by atoms with van der Waals surface area (Å²) in [5.74, 6) is 0.0674. The van der Waals surface area contributed by atoms with Gasteiger partial charge >= 0.3 is 0 Å². The van der Waals surface area contributed by atoms with Crippen molar-refractivity contribution in [1.82, 2.24) is 14.9 Å². The minimum atomic E-state index is -0.296. The fourth-order valence-electron chi connectivity index (χ4n) is 2.09. The third kappa shape index (κ3) is 6.38. The first-order valence-electron chi connectivity index (χ1n) is 7.05. The third-order valence-corrected chi connectivity index (χ3v) is 3.11. The molecule has 0 saturated heterocycles. The second-order valence-corrected chi connectivity index (χ2v) is 5.00. The minimum absolute atomic E-state index is 0.0674. The molecule has 0 saturated carbocycles. The van der Waals surface area contributed by atoms with E-state index in [4.69, 9.17) is 5.11 Å². The van der Waals surface area contributed by atoms with Crippen LogP contribution in [0.5, 0.6) is 0 Å². The van der Waals surface area contributed by atoms with Crippen LogP contribution in [0.1, 0.15) is 52.0 Å². The zero-order valence-corrected chi connectivity index (χ0v) is 11.9. The number of imidazole rings is 1. The number of rotatable bonds is 9. The first kappa shape index (κ1) is 15.7. The summed E-state index contributed by atoms with van der Waals surface area (Å²) >= 11 is 0. The number of nitrogens with zero attached hydrogens (tertiary/aromatic N) is 2. The predicted octanol–water partition coefficient (Wildman–Crippen LogP) is 1.89. The number of amides is 1. The molecular weight excluding hydrogens is 242 g/mol. The van der Waals surface area contributed by atoms with Crippen LogP contribution in [-0.4, -0.2) is 33.2 Å². The Labute approximate surface area is 115 Å². The lowest BCUT2D eigenvalue weighted by molar-refractivity contribution is -0.121. The van der Waals surface area contributed by atoms with Gasteiger partial charge in [-0.3, -0.25) is 4.79 Å². The molecule has 1 heterocycles. The standard InChI is InChI=1S/C14H25N3O2/c1-3-5-13(17-9-8-15-11-17)10-14(19)16-7-4-6-12(2)18/h8-9,11-13,18H,3-7,10H2,1-2H3,(H,16,19). The highest BCUT2D eigenvalue weighted by molar-refractivity contribution is 5.76. The second-order valence-electron chi connectivity index (χ2n) is 5.00. The van der Waals surface area contributed by atoms with Gasteiger partial charge in [0.2, 0.25) is 5.91 Å². The quantitative estimate of drug-likeness (QED) is 0.671. The van der Waals surface area contributed by atoms with Gasteiger partial charge in [-0.2, -0.15) is 0 Å². The maximum Gasteiger partial charge on any atom is 0.222 e. The van der Waals surface area contributed by atoms with E-state index in [9.17, 15) is 4.79 Å². The molecule has 0 aromatic carbocycles. The molecule has 108 valence electrons. The number of aliphatic hydroxyl groups is 1. The fraction of sp³-hybridized carbons (Fsp3) is 0.714. The van der Waals surface area contributed by atoms with Crippen LogP contribution in [0.3, 0.4) is 0 Å². The molecule has 1 rings (SSSR count). The number of hydrogen-bond acceptors (Lipinski definition) is 3. The van der Waals surface area contributed by atoms with E-state index in [0.717, 1.165) is 25.7 Å². The summed E-state index contributed by atoms with van der Waals surface area (Å²) < 4.78 is 2.00. The minimum Gasteiger partial charge on any atom is -0.393 e. The Morgan fingerprint density at radius 2 is 2.26 bits per heavy atom. The molecule has 0 radical (unpaired) electrons. The van der Waals surface area contributed by atoms with Crippen LogP contribution in [0.15, 0.2) is 18.7 Å². The first-order valence-corrected chi connectivity index (χ1v) is 7.05. The van der Waals surface area contributed by atoms with Crippen LogP contribution in [0.2, 0.25) is 0 Å². The van der Waals surface area contributed by atoms with Crippen LogP contribution in [0, 0.1) is 0 Å². The van der Waals surface area contributed by atoms with E-state index in [1.54, 1.807) is 19.4 Å². The topological polar surface area (TPSA) is 67.2 Å². The van der Waals surface area contributed by atoms with E-state index in [1.807, 2.05) is 10.8 Å². The van der Waals surface area contributed by atoms with Gasteiger partial charge in [-0.05, 0) is 26.2 Å². The summed E-state index contributed by atoms with van der Waals surface area (Å²) in [7, 11) is 0. The molecule has 19 heavy (non-hydrogen) atoms. The highest BCUT2D eigenvalue weighted by atomic mass is 16.3. The van der Waals surface area contributed by atoms with Gasteiger partial charge in [0.05, 0.1) is 12.4 Å². The van der Waals surface area contributed by atoms with E-state index < -0.39 is 0 Å². The Balaban J connectivity index is 2.32. The van der Waals surface area contributed by atoms with Crippen molar-refractivity contribution in [3.05, 3.63) is 18.7 Å². The van der Waals surface area contributed by atoms with Gasteiger partial charge in [0, 0.05) is 31.4 Å². The largest absolute Gasteiger partial charge is 0.393 e. The summed E-state index contributed by atoms with van der Waals surface area (Å²) in [5.41, 5.74) is 0. The summed E-state index contributed by atoms with van der Waals surface area (Å²) in [6, 6.07) is 0.185. The molecule has 0 bridgehead atoms. The maximum atomic E-state index is 11.9. The maximum absolute atomic E-state index is 11.9. The van der Waals surface area contributed by atoms with E-state index in [0.29, 0.717) is 13.0 Å². The van der Waals surface area contributed by atoms with E-state index in [1.165, 1.54) is 0 Å². The van der Waals surface area contributed by atoms with Gasteiger partial charge in [-0.25, -0.2) is 4.98 Å². The van der Waals surface area contributed by atoms with Gasteiger partial charge in [0.25, 0.3) is 0 Å². The second kappa shape index (κ2) is 8.69. The van der Waals surface area contributed by atoms with Gasteiger partial charge < -0.3 is 15.0 Å². The summed E-state index contributed by atoms with van der Waals surface area (Å²) in [5, 5.41) is 12.0. The van der Waals surface area contributed by atoms with Gasteiger partial charge in [0.15, 0.2) is 0 Å². The molecule has 1 amide bonds. The number of aromatic nitrogens is 2. The van der Waals surface area contributed by atoms with Crippen LogP contribution < -0.4 is 5.32 Å². The molecule has 0 aliphatic carbocycles. The summed E-state index contributed by atoms with van der Waals surface area (Å²) in [4.78, 5) is 15.9. The van der Waals surface area contributed by atoms with E-state index >= 15 is 0 Å². The summed E-state index contributed by atoms with van der Waals surface area (Å²) in [6.45, 7) is 4.51. The lowest BCUT2D eigenvalue weighted by Crippen LogP contribution is -2.27. The summed E-state index contributed by atoms with van der Waals surface area (Å²) in [6.07, 6.45) is 9.14. The Kier molecular flexibility index (Phi) is 7.18. The molecule has 2 atom stereocenters. The van der Waals surface area contributed by atoms with Crippen LogP contribution in [0.25, 0.3) is 0 Å². The van der Waals surface area contributed by atoms with Crippen molar-refractivity contribution in [2.45, 2.75) is 58.1 Å². The van der Waals surface area contributed by atoms with Crippen molar-refractivity contribution in [2.75, 3.05) is 6.54 Å². The number of carbonyl (C=O) groups excluding carboxylic acids is 1. The predicted molar refractivity (Wildman–Crippen MR) is 74.7 cm³/mol. The Bertz CT molecular complexity index is 350. The van der Waals surface area contributed by atoms with Gasteiger partial charge in [-0.15, -0.1) is 0 Å². The molecule has 5 heteroatoms. The SMILES string of the molecule is CCCC(CC(=O)NCCCC(C)O)n1ccnc1. The fourth-order valence-corrected chi connectivity index (χ4v) is 2.09. The molecular formula is C14H25N3O2. The zero-order chi connectivity index (χ0) is 14.1. The third-order valence-electron chi connectivity index (χ3n) is 3.11. The Morgan fingerprint density at radius 1 is 1.47 bits per heavy atom. The number of carbonyl (C=O) groups is 1. The van der Waals surface area contributed by atoms with Crippen LogP contribution in [0.4, 0.5) is 0 Å². The first-order chi connectivity index (χ1) is 9.13. The molecule has 2 N–H and O–H groups in total. The molecule has 0 fully saturated rings. The van der Waals surface area contributed by atoms with Crippen molar-refractivity contribution >= 4 is 5.91 Å². The molecule has 1 aromatic rings. The number of hydrogen-bond donors (Lipinski definition) is 2. The molecule has 5 nitrogen and oxygen atoms in total. The molecule has 1 aromatic heterocycles. The monoisotopic (exact) mass is 267 g/mol. The average Bonchev–Trinajstić information content (AvgIpc) is 2.87. The van der Waals surface area contributed by atoms with Crippen molar-refractivity contribution in [3.8, 4) is 0 Å². The smallest absolute Gasteiger partial charge is 0.222 e. The number of aliphatic hydroxyl groups excluding tert-OH is 1. The molecule has 2 unspecified atom stereocenters. The zero-order valence-electron chi connectivity index (χ0n) is 11.9. The van der Waals surface area contributed by atoms with Crippen LogP contribution in [-0.2, 0) is 4.79 Å². The van der Waals surface area contributed by atoms with Gasteiger partial charge in [0.1, 0.15) is 0 Å². The molecule has 0 aliphatic heterocycles.